The van der Waals surface area contributed by atoms with Crippen LogP contribution in [0.3, 0.4) is 0 Å². The predicted molar refractivity (Wildman–Crippen MR) is 284 cm³/mol. The maximum atomic E-state index is 12.8. The van der Waals surface area contributed by atoms with E-state index in [0.717, 1.165) is 62.3 Å². The van der Waals surface area contributed by atoms with Gasteiger partial charge in [0, 0.05) is 158 Å². The lowest BCUT2D eigenvalue weighted by atomic mass is 9.67. The van der Waals surface area contributed by atoms with Gasteiger partial charge in [0.2, 0.25) is 0 Å². The lowest BCUT2D eigenvalue weighted by molar-refractivity contribution is -0.185. The summed E-state index contributed by atoms with van der Waals surface area (Å²) in [6.45, 7) is 55.6. The lowest BCUT2D eigenvalue weighted by Gasteiger charge is -2.60. The Kier molecular flexibility index (Phi) is 25.5. The zero-order valence-electron chi connectivity index (χ0n) is 48.0. The molecule has 10 aliphatic rings. The first-order valence-corrected chi connectivity index (χ1v) is 27.8. The van der Waals surface area contributed by atoms with E-state index in [0.29, 0.717) is 60.4 Å². The topological polar surface area (TPSA) is 50.4 Å². The number of rotatable bonds is 11. The summed E-state index contributed by atoms with van der Waals surface area (Å²) in [4.78, 5) is 17.3. The number of nitrogens with zero attached hydrogens (tertiary/aromatic N) is 7. The van der Waals surface area contributed by atoms with E-state index in [9.17, 15) is 4.39 Å². The second kappa shape index (κ2) is 28.1. The van der Waals surface area contributed by atoms with Gasteiger partial charge in [0.05, 0.1) is 25.4 Å². The Labute approximate surface area is 416 Å². The van der Waals surface area contributed by atoms with Gasteiger partial charge in [0.1, 0.15) is 5.67 Å². The Hall–Kier alpha value is -0.470. The van der Waals surface area contributed by atoms with Gasteiger partial charge in [-0.25, -0.2) is 4.39 Å². The molecule has 11 heteroatoms. The molecule has 67 heavy (non-hydrogen) atoms. The average Bonchev–Trinajstić information content (AvgIpc) is 3.58. The molecule has 9 heterocycles. The quantitative estimate of drug-likeness (QED) is 0.200. The molecule has 2 bridgehead atoms. The van der Waals surface area contributed by atoms with Crippen LogP contribution in [0.1, 0.15) is 170 Å². The number of likely N-dealkylation sites (tertiary alicyclic amines) is 6. The van der Waals surface area contributed by atoms with Crippen LogP contribution in [-0.4, -0.2) is 212 Å². The molecule has 1 saturated carbocycles. The third-order valence-electron chi connectivity index (χ3n) is 16.1. The molecular formula is C56H114FN7O3. The van der Waals surface area contributed by atoms with Gasteiger partial charge in [-0.3, -0.25) is 24.5 Å². The molecule has 0 aromatic heterocycles. The number of halogens is 1. The molecule has 1 aliphatic carbocycles. The van der Waals surface area contributed by atoms with E-state index in [-0.39, 0.29) is 0 Å². The molecule has 398 valence electrons. The van der Waals surface area contributed by atoms with Crippen LogP contribution in [0.5, 0.6) is 0 Å². The van der Waals surface area contributed by atoms with Crippen molar-refractivity contribution < 1.29 is 18.6 Å². The normalized spacial score (nSPS) is 28.0. The van der Waals surface area contributed by atoms with E-state index in [2.05, 4.69) is 152 Å². The minimum absolute atomic E-state index is 0.508. The molecule has 10 nitrogen and oxygen atoms in total. The van der Waals surface area contributed by atoms with E-state index >= 15 is 0 Å². The van der Waals surface area contributed by atoms with Crippen LogP contribution in [0.15, 0.2) is 0 Å². The van der Waals surface area contributed by atoms with Gasteiger partial charge in [-0.05, 0) is 161 Å². The van der Waals surface area contributed by atoms with E-state index in [1.807, 2.05) is 0 Å². The Morgan fingerprint density at radius 1 is 0.522 bits per heavy atom. The number of methoxy groups -OCH3 is 2. The smallest absolute Gasteiger partial charge is 0.133 e. The summed E-state index contributed by atoms with van der Waals surface area (Å²) in [6, 6.07) is 5.77. The van der Waals surface area contributed by atoms with Crippen molar-refractivity contribution >= 4 is 0 Å². The zero-order valence-corrected chi connectivity index (χ0v) is 48.0. The lowest BCUT2D eigenvalue weighted by Crippen LogP contribution is -2.65. The number of ether oxygens (including phenoxy) is 3. The summed E-state index contributed by atoms with van der Waals surface area (Å²) in [6.07, 6.45) is 11.2. The van der Waals surface area contributed by atoms with Crippen molar-refractivity contribution in [1.29, 1.82) is 0 Å². The number of fused-ring (bicyclic) bond motifs is 2. The highest BCUT2D eigenvalue weighted by Crippen LogP contribution is 2.48. The van der Waals surface area contributed by atoms with Gasteiger partial charge in [0.25, 0.3) is 0 Å². The van der Waals surface area contributed by atoms with Crippen molar-refractivity contribution in [3.05, 3.63) is 0 Å². The summed E-state index contributed by atoms with van der Waals surface area (Å²) in [7, 11) is 3.55. The van der Waals surface area contributed by atoms with Crippen LogP contribution in [0.25, 0.3) is 0 Å². The molecule has 10 fully saturated rings. The van der Waals surface area contributed by atoms with Crippen molar-refractivity contribution in [3.63, 3.8) is 0 Å². The van der Waals surface area contributed by atoms with E-state index in [1.165, 1.54) is 97.3 Å². The van der Waals surface area contributed by atoms with Crippen LogP contribution in [0, 0.1) is 17.3 Å². The fourth-order valence-electron chi connectivity index (χ4n) is 11.3. The number of hydrogen-bond acceptors (Lipinski definition) is 10. The first-order valence-electron chi connectivity index (χ1n) is 27.8. The van der Waals surface area contributed by atoms with Crippen molar-refractivity contribution in [2.24, 2.45) is 17.3 Å². The fraction of sp³-hybridized carbons (Fsp3) is 1.00. The fourth-order valence-corrected chi connectivity index (χ4v) is 11.3. The third kappa shape index (κ3) is 19.8. The third-order valence-corrected chi connectivity index (χ3v) is 16.1. The zero-order chi connectivity index (χ0) is 50.4. The van der Waals surface area contributed by atoms with E-state index < -0.39 is 5.67 Å². The summed E-state index contributed by atoms with van der Waals surface area (Å²) in [5.74, 6) is 1.60. The molecule has 0 amide bonds. The van der Waals surface area contributed by atoms with Crippen molar-refractivity contribution in [2.45, 2.75) is 241 Å². The van der Waals surface area contributed by atoms with Gasteiger partial charge in [-0.1, -0.05) is 13.8 Å². The van der Waals surface area contributed by atoms with E-state index in [1.54, 1.807) is 21.1 Å². The van der Waals surface area contributed by atoms with Crippen molar-refractivity contribution in [3.8, 4) is 0 Å². The molecule has 1 spiro atoms. The summed E-state index contributed by atoms with van der Waals surface area (Å²) in [5.41, 5.74) is 0.419. The molecule has 0 aromatic carbocycles. The monoisotopic (exact) mass is 952 g/mol. The highest BCUT2D eigenvalue weighted by atomic mass is 19.1. The summed E-state index contributed by atoms with van der Waals surface area (Å²) < 4.78 is 28.4. The van der Waals surface area contributed by atoms with Crippen LogP contribution >= 0.6 is 0 Å². The maximum Gasteiger partial charge on any atom is 0.133 e. The molecule has 10 rings (SSSR count). The van der Waals surface area contributed by atoms with Gasteiger partial charge >= 0.3 is 0 Å². The van der Waals surface area contributed by atoms with E-state index in [4.69, 9.17) is 14.2 Å². The molecule has 0 radical (unpaired) electrons. The highest BCUT2D eigenvalue weighted by Gasteiger charge is 2.49. The Balaban J connectivity index is 0.000000207. The number of morpholine rings is 1. The van der Waals surface area contributed by atoms with Crippen molar-refractivity contribution in [1.82, 2.24) is 34.3 Å². The minimum atomic E-state index is -0.899. The number of piperidine rings is 1. The molecular weight excluding hydrogens is 838 g/mol. The van der Waals surface area contributed by atoms with Crippen LogP contribution in [0.2, 0.25) is 0 Å². The molecule has 0 aromatic rings. The minimum Gasteiger partial charge on any atom is -0.384 e. The Morgan fingerprint density at radius 3 is 1.10 bits per heavy atom. The van der Waals surface area contributed by atoms with Gasteiger partial charge < -0.3 is 24.0 Å². The first-order chi connectivity index (χ1) is 31.2. The molecule has 3 atom stereocenters. The van der Waals surface area contributed by atoms with Crippen LogP contribution < -0.4 is 0 Å². The maximum absolute atomic E-state index is 12.8. The van der Waals surface area contributed by atoms with Gasteiger partial charge in [-0.2, -0.15) is 0 Å². The first kappa shape index (κ1) is 60.8. The second-order valence-corrected chi connectivity index (χ2v) is 25.4. The standard InChI is InChI=1S/C9H17N.C8H15NO.2C8H17NO.2C8H17N.C7H14FN/c1-8(2)10-7-6-9(10)4-3-5-9;1-6(2)9-4-7-3-8(5-9)10-7;2*1-7(2)9-4-8(5-9)6-10-3;1-7(2)9-5-8(3,4)6-9;1-7(2)9-6-4-5-8(9)3;1-6(2)9-4-7(3,8)5-9/h8H,3-7H2,1-2H3;6-8H,3-5H2,1-2H3;2*7-8H,4-6H2,1-3H3;7H,5-6H2,1-4H3;7-8H,4-6H2,1-3H3;6H,4-5H2,1-3H3. The average molecular weight is 953 g/mol. The predicted octanol–water partition coefficient (Wildman–Crippen LogP) is 9.89. The van der Waals surface area contributed by atoms with Crippen molar-refractivity contribution in [2.75, 3.05) is 106 Å². The van der Waals surface area contributed by atoms with Gasteiger partial charge in [0.15, 0.2) is 0 Å². The summed E-state index contributed by atoms with van der Waals surface area (Å²) >= 11 is 0. The van der Waals surface area contributed by atoms with Crippen LogP contribution in [0.4, 0.5) is 4.39 Å². The molecule has 9 saturated heterocycles. The molecule has 0 N–H and O–H groups in total. The summed E-state index contributed by atoms with van der Waals surface area (Å²) in [5, 5.41) is 0. The molecule has 3 unspecified atom stereocenters. The second-order valence-electron chi connectivity index (χ2n) is 25.4. The highest BCUT2D eigenvalue weighted by molar-refractivity contribution is 5.06. The Bertz CT molecular complexity index is 1240. The number of alkyl halides is 1. The Morgan fingerprint density at radius 2 is 0.925 bits per heavy atom. The van der Waals surface area contributed by atoms with Crippen LogP contribution in [-0.2, 0) is 14.2 Å². The number of hydrogen-bond donors (Lipinski definition) is 0. The molecule has 9 aliphatic heterocycles. The largest absolute Gasteiger partial charge is 0.384 e. The SMILES string of the molecule is CC(C)N1CC(C)(C)C1.CC(C)N1CC(C)(F)C1.CC(C)N1CC2CC(C1)O2.CC(C)N1CCC12CCC2.CC(C)N1CCCC1C.COCC1CN(C(C)C)C1.COCC1CN(C(C)C)C1. The van der Waals surface area contributed by atoms with Gasteiger partial charge in [-0.15, -0.1) is 0 Å².